The maximum absolute atomic E-state index is 12.1. The molecule has 0 amide bonds. The Labute approximate surface area is 189 Å². The summed E-state index contributed by atoms with van der Waals surface area (Å²) in [5.41, 5.74) is -1.31. The van der Waals surface area contributed by atoms with E-state index in [1.807, 2.05) is 74.4 Å². The van der Waals surface area contributed by atoms with Crippen LogP contribution in [0.5, 0.6) is 0 Å². The van der Waals surface area contributed by atoms with Crippen LogP contribution in [-0.2, 0) is 19.1 Å². The van der Waals surface area contributed by atoms with Gasteiger partial charge in [0.05, 0.1) is 19.6 Å². The number of Topliss-reactive ketones (excluding diaryl/α,β-unsaturated/α-hetero) is 3. The first-order valence-corrected chi connectivity index (χ1v) is 9.06. The van der Waals surface area contributed by atoms with Crippen LogP contribution < -0.4 is 29.6 Å². The summed E-state index contributed by atoms with van der Waals surface area (Å²) in [5.74, 6) is -0.0661. The minimum atomic E-state index is -0.604. The van der Waals surface area contributed by atoms with Crippen molar-refractivity contribution in [2.45, 2.75) is 61.8 Å². The number of nitrogens with zero attached hydrogens (tertiary/aromatic N) is 1. The first-order valence-electron chi connectivity index (χ1n) is 9.06. The van der Waals surface area contributed by atoms with Gasteiger partial charge in [-0.3, -0.25) is 9.59 Å². The number of rotatable bonds is 8. The van der Waals surface area contributed by atoms with Crippen molar-refractivity contribution in [3.05, 3.63) is 6.92 Å². The second-order valence-corrected chi connectivity index (χ2v) is 9.69. The first kappa shape index (κ1) is 31.5. The molecule has 0 saturated carbocycles. The van der Waals surface area contributed by atoms with Crippen LogP contribution in [-0.4, -0.2) is 56.1 Å². The van der Waals surface area contributed by atoms with E-state index in [4.69, 9.17) is 4.74 Å². The summed E-state index contributed by atoms with van der Waals surface area (Å²) in [6.07, 6.45) is -0.00641. The van der Waals surface area contributed by atoms with Crippen LogP contribution in [0.2, 0.25) is 0 Å². The molecule has 0 aromatic rings. The van der Waals surface area contributed by atoms with Crippen molar-refractivity contribution in [2.24, 2.45) is 16.2 Å². The molecule has 0 spiro atoms. The molecule has 0 aromatic heterocycles. The van der Waals surface area contributed by atoms with Crippen molar-refractivity contribution in [3.63, 3.8) is 0 Å². The third kappa shape index (κ3) is 16.5. The summed E-state index contributed by atoms with van der Waals surface area (Å²) in [4.78, 5) is 36.4. The van der Waals surface area contributed by atoms with Crippen molar-refractivity contribution in [1.82, 2.24) is 4.90 Å². The van der Waals surface area contributed by atoms with Crippen molar-refractivity contribution in [1.29, 1.82) is 0 Å². The normalized spacial score (nSPS) is 12.0. The van der Waals surface area contributed by atoms with E-state index >= 15 is 0 Å². The van der Waals surface area contributed by atoms with Gasteiger partial charge in [0, 0.05) is 23.2 Å². The van der Waals surface area contributed by atoms with Crippen LogP contribution >= 0.6 is 0 Å². The molecule has 0 atom stereocenters. The van der Waals surface area contributed by atoms with Crippen molar-refractivity contribution >= 4 is 17.3 Å². The third-order valence-electron chi connectivity index (χ3n) is 3.89. The zero-order valence-corrected chi connectivity index (χ0v) is 21.6. The van der Waals surface area contributed by atoms with E-state index in [-0.39, 0.29) is 58.7 Å². The van der Waals surface area contributed by atoms with Crippen molar-refractivity contribution < 1.29 is 48.7 Å². The van der Waals surface area contributed by atoms with E-state index in [1.165, 1.54) is 0 Å². The largest absolute Gasteiger partial charge is 1.00 e. The average Bonchev–Trinajstić information content (AvgIpc) is 2.41. The molecule has 0 aliphatic carbocycles. The quantitative estimate of drug-likeness (QED) is 0.262. The van der Waals surface area contributed by atoms with Crippen molar-refractivity contribution in [2.75, 3.05) is 33.9 Å². The second kappa shape index (κ2) is 13.1. The van der Waals surface area contributed by atoms with Gasteiger partial charge < -0.3 is 21.4 Å². The Morgan fingerprint density at radius 2 is 1.26 bits per heavy atom. The maximum atomic E-state index is 12.1. The van der Waals surface area contributed by atoms with E-state index in [9.17, 15) is 14.4 Å². The molecule has 0 aromatic carbocycles. The Bertz CT molecular complexity index is 472. The molecule has 0 rings (SSSR count). The minimum absolute atomic E-state index is 0. The Hall–Kier alpha value is -0.200. The molecule has 0 radical (unpaired) electrons. The van der Waals surface area contributed by atoms with Gasteiger partial charge in [0.25, 0.3) is 0 Å². The summed E-state index contributed by atoms with van der Waals surface area (Å²) in [7, 11) is 3.95. The van der Waals surface area contributed by atoms with E-state index in [0.29, 0.717) is 13.2 Å². The predicted molar refractivity (Wildman–Crippen MR) is 107 cm³/mol. The van der Waals surface area contributed by atoms with Gasteiger partial charge in [0.2, 0.25) is 0 Å². The molecule has 154 valence electrons. The number of ether oxygens (including phenoxy) is 1. The van der Waals surface area contributed by atoms with Crippen LogP contribution in [0.3, 0.4) is 0 Å². The van der Waals surface area contributed by atoms with Gasteiger partial charge in [-0.2, -0.15) is 0 Å². The van der Waals surface area contributed by atoms with E-state index < -0.39 is 10.8 Å². The second-order valence-electron chi connectivity index (χ2n) is 9.69. The van der Waals surface area contributed by atoms with E-state index in [2.05, 4.69) is 6.92 Å². The molecule has 27 heavy (non-hydrogen) atoms. The summed E-state index contributed by atoms with van der Waals surface area (Å²) in [5, 5.41) is 0. The van der Waals surface area contributed by atoms with Crippen molar-refractivity contribution in [3.8, 4) is 0 Å². The molecular formula is C21H40NNaO4. The van der Waals surface area contributed by atoms with Gasteiger partial charge >= 0.3 is 29.6 Å². The van der Waals surface area contributed by atoms with Gasteiger partial charge in [-0.05, 0) is 19.5 Å². The van der Waals surface area contributed by atoms with Gasteiger partial charge in [0.15, 0.2) is 0 Å². The fraction of sp³-hybridized carbons (Fsp3) is 0.810. The molecule has 6 heteroatoms. The number of likely N-dealkylation sites (N-methyl/N-ethyl adjacent to an activating group) is 1. The minimum Gasteiger partial charge on any atom is -0.379 e. The molecule has 0 saturated heterocycles. The predicted octanol–water partition coefficient (Wildman–Crippen LogP) is 0.605. The molecule has 0 bridgehead atoms. The third-order valence-corrected chi connectivity index (χ3v) is 3.89. The molecule has 0 fully saturated rings. The molecule has 0 aliphatic heterocycles. The Kier molecular flexibility index (Phi) is 15.3. The monoisotopic (exact) mass is 393 g/mol. The Balaban J connectivity index is -0.000000612. The molecule has 0 unspecified atom stereocenters. The smallest absolute Gasteiger partial charge is 0.379 e. The standard InChI is InChI=1S/C15H29NO3.C6H11O.Na/c1-14(2,3)12(17)10-13(18)15(4,5)11-19-9-8-16(6)7;1-5(7)6(2,3)4;/h8-11H2,1-7H3;1H2,2-4H3;/q;-1;+1. The molecule has 0 heterocycles. The fourth-order valence-corrected chi connectivity index (χ4v) is 1.31. The van der Waals surface area contributed by atoms with Crippen LogP contribution in [0, 0.1) is 23.2 Å². The van der Waals surface area contributed by atoms with Gasteiger partial charge in [0.1, 0.15) is 11.6 Å². The number of carbonyl (C=O) groups excluding carboxylic acids is 3. The number of ketones is 3. The van der Waals surface area contributed by atoms with Crippen LogP contribution in [0.4, 0.5) is 0 Å². The summed E-state index contributed by atoms with van der Waals surface area (Å²) in [6, 6.07) is 0. The van der Waals surface area contributed by atoms with Crippen LogP contribution in [0.25, 0.3) is 0 Å². The fourth-order valence-electron chi connectivity index (χ4n) is 1.31. The number of carbonyl (C=O) groups is 3. The van der Waals surface area contributed by atoms with Gasteiger partial charge in [-0.1, -0.05) is 55.4 Å². The summed E-state index contributed by atoms with van der Waals surface area (Å²) in [6.45, 7) is 19.8. The molecular weight excluding hydrogens is 353 g/mol. The molecule has 5 nitrogen and oxygen atoms in total. The summed E-state index contributed by atoms with van der Waals surface area (Å²) < 4.78 is 5.52. The van der Waals surface area contributed by atoms with Gasteiger partial charge in [-0.15, -0.1) is 0 Å². The average molecular weight is 394 g/mol. The zero-order valence-electron chi connectivity index (χ0n) is 19.6. The molecule has 0 N–H and O–H groups in total. The van der Waals surface area contributed by atoms with Gasteiger partial charge in [-0.25, -0.2) is 0 Å². The first-order chi connectivity index (χ1) is 11.4. The van der Waals surface area contributed by atoms with E-state index in [0.717, 1.165) is 6.54 Å². The number of hydrogen-bond donors (Lipinski definition) is 0. The van der Waals surface area contributed by atoms with Crippen LogP contribution in [0.15, 0.2) is 0 Å². The number of hydrogen-bond acceptors (Lipinski definition) is 5. The maximum Gasteiger partial charge on any atom is 1.00 e. The zero-order chi connectivity index (χ0) is 21.3. The summed E-state index contributed by atoms with van der Waals surface area (Å²) >= 11 is 0. The van der Waals surface area contributed by atoms with Crippen LogP contribution in [0.1, 0.15) is 61.8 Å². The van der Waals surface area contributed by atoms with E-state index in [1.54, 1.807) is 0 Å². The Morgan fingerprint density at radius 1 is 0.852 bits per heavy atom. The topological polar surface area (TPSA) is 63.7 Å². The molecule has 0 aliphatic rings. The SMILES string of the molecule is CN(C)CCOCC(C)(C)C(=O)CC(=O)C(C)(C)C.[CH2-]C(=O)C(C)(C)C.[Na+]. The Morgan fingerprint density at radius 3 is 1.56 bits per heavy atom.